The third-order valence-corrected chi connectivity index (χ3v) is 2.93. The summed E-state index contributed by atoms with van der Waals surface area (Å²) in [6, 6.07) is 0. The number of hydrogen-bond donors (Lipinski definition) is 2. The van der Waals surface area contributed by atoms with Gasteiger partial charge in [-0.15, -0.1) is 11.5 Å². The van der Waals surface area contributed by atoms with Gasteiger partial charge in [0.2, 0.25) is 11.1 Å². The maximum atomic E-state index is 11.4. The van der Waals surface area contributed by atoms with E-state index in [1.165, 1.54) is 11.8 Å². The number of carbonyl (C=O) groups excluding carboxylic acids is 1. The molecule has 0 fully saturated rings. The molecule has 0 aromatic carbocycles. The van der Waals surface area contributed by atoms with E-state index in [0.717, 1.165) is 13.1 Å². The van der Waals surface area contributed by atoms with Gasteiger partial charge in [0.1, 0.15) is 0 Å². The minimum atomic E-state index is -0.126. The Morgan fingerprint density at radius 2 is 2.44 bits per heavy atom. The highest BCUT2D eigenvalue weighted by molar-refractivity contribution is 7.99. The summed E-state index contributed by atoms with van der Waals surface area (Å²) < 4.78 is 1.67. The monoisotopic (exact) mass is 268 g/mol. The molecule has 1 aromatic heterocycles. The van der Waals surface area contributed by atoms with Crippen molar-refractivity contribution in [1.82, 2.24) is 30.8 Å². The normalized spacial score (nSPS) is 10.0. The third-order valence-electron chi connectivity index (χ3n) is 1.97. The smallest absolute Gasteiger partial charge is 0.231 e. The standard InChI is InChI=1S/C10H16N6OS/c1-3-5-12-9(17)8-18-10-13-14-15-16(10)7-6-11-4-2/h1,11H,4-8H2,2H3,(H,12,17). The van der Waals surface area contributed by atoms with Crippen LogP contribution in [0.4, 0.5) is 0 Å². The Morgan fingerprint density at radius 1 is 1.61 bits per heavy atom. The first-order valence-electron chi connectivity index (χ1n) is 5.57. The van der Waals surface area contributed by atoms with Crippen molar-refractivity contribution in [3.63, 3.8) is 0 Å². The first kappa shape index (κ1) is 14.5. The minimum Gasteiger partial charge on any atom is -0.344 e. The van der Waals surface area contributed by atoms with Crippen molar-refractivity contribution in [1.29, 1.82) is 0 Å². The van der Waals surface area contributed by atoms with Crippen molar-refractivity contribution in [3.05, 3.63) is 0 Å². The Labute approximate surface area is 110 Å². The van der Waals surface area contributed by atoms with Crippen LogP contribution in [0.25, 0.3) is 0 Å². The molecule has 1 aromatic rings. The Balaban J connectivity index is 2.35. The second-order valence-electron chi connectivity index (χ2n) is 3.31. The number of amides is 1. The Kier molecular flexibility index (Phi) is 6.83. The summed E-state index contributed by atoms with van der Waals surface area (Å²) in [4.78, 5) is 11.4. The van der Waals surface area contributed by atoms with E-state index in [-0.39, 0.29) is 18.2 Å². The molecule has 98 valence electrons. The summed E-state index contributed by atoms with van der Waals surface area (Å²) in [5, 5.41) is 17.7. The number of tetrazole rings is 1. The highest BCUT2D eigenvalue weighted by atomic mass is 32.2. The molecule has 0 bridgehead atoms. The van der Waals surface area contributed by atoms with Crippen LogP contribution < -0.4 is 10.6 Å². The molecule has 0 saturated carbocycles. The zero-order valence-electron chi connectivity index (χ0n) is 10.2. The van der Waals surface area contributed by atoms with Crippen molar-refractivity contribution >= 4 is 17.7 Å². The van der Waals surface area contributed by atoms with E-state index in [1.807, 2.05) is 6.92 Å². The van der Waals surface area contributed by atoms with Crippen molar-refractivity contribution < 1.29 is 4.79 Å². The van der Waals surface area contributed by atoms with E-state index >= 15 is 0 Å². The van der Waals surface area contributed by atoms with Crippen molar-refractivity contribution in [3.8, 4) is 12.3 Å². The molecule has 0 unspecified atom stereocenters. The number of nitrogens with one attached hydrogen (secondary N) is 2. The second-order valence-corrected chi connectivity index (χ2v) is 4.25. The maximum Gasteiger partial charge on any atom is 0.231 e. The van der Waals surface area contributed by atoms with E-state index < -0.39 is 0 Å². The summed E-state index contributed by atoms with van der Waals surface area (Å²) in [7, 11) is 0. The molecule has 1 heterocycles. The van der Waals surface area contributed by atoms with Gasteiger partial charge in [0.15, 0.2) is 0 Å². The van der Waals surface area contributed by atoms with Gasteiger partial charge in [-0.25, -0.2) is 4.68 Å². The zero-order chi connectivity index (χ0) is 13.2. The molecule has 1 rings (SSSR count). The van der Waals surface area contributed by atoms with E-state index in [9.17, 15) is 4.79 Å². The SMILES string of the molecule is C#CCNC(=O)CSc1nnnn1CCNCC. The number of nitrogens with zero attached hydrogens (tertiary/aromatic N) is 4. The van der Waals surface area contributed by atoms with Crippen LogP contribution in [-0.2, 0) is 11.3 Å². The molecule has 1 amide bonds. The van der Waals surface area contributed by atoms with Gasteiger partial charge < -0.3 is 10.6 Å². The van der Waals surface area contributed by atoms with Gasteiger partial charge in [-0.2, -0.15) is 0 Å². The fourth-order valence-corrected chi connectivity index (χ4v) is 1.87. The van der Waals surface area contributed by atoms with Gasteiger partial charge in [-0.05, 0) is 17.0 Å². The quantitative estimate of drug-likeness (QED) is 0.362. The van der Waals surface area contributed by atoms with Crippen LogP contribution in [0.15, 0.2) is 5.16 Å². The van der Waals surface area contributed by atoms with Gasteiger partial charge in [0, 0.05) is 6.54 Å². The fraction of sp³-hybridized carbons (Fsp3) is 0.600. The van der Waals surface area contributed by atoms with E-state index in [4.69, 9.17) is 6.42 Å². The summed E-state index contributed by atoms with van der Waals surface area (Å²) in [6.07, 6.45) is 5.04. The molecule has 2 N–H and O–H groups in total. The first-order chi connectivity index (χ1) is 8.77. The lowest BCUT2D eigenvalue weighted by Crippen LogP contribution is -2.25. The maximum absolute atomic E-state index is 11.4. The third kappa shape index (κ3) is 5.16. The van der Waals surface area contributed by atoms with Crippen LogP contribution >= 0.6 is 11.8 Å². The number of aromatic nitrogens is 4. The molecule has 0 aliphatic heterocycles. The summed E-state index contributed by atoms with van der Waals surface area (Å²) >= 11 is 1.29. The summed E-state index contributed by atoms with van der Waals surface area (Å²) in [5.74, 6) is 2.47. The average Bonchev–Trinajstić information content (AvgIpc) is 2.82. The highest BCUT2D eigenvalue weighted by Crippen LogP contribution is 2.12. The van der Waals surface area contributed by atoms with Crippen LogP contribution in [0.1, 0.15) is 6.92 Å². The molecule has 8 heteroatoms. The number of likely N-dealkylation sites (N-methyl/N-ethyl adjacent to an activating group) is 1. The second kappa shape index (κ2) is 8.49. The molecule has 0 atom stereocenters. The Bertz CT molecular complexity index is 413. The van der Waals surface area contributed by atoms with Crippen LogP contribution in [0.3, 0.4) is 0 Å². The van der Waals surface area contributed by atoms with E-state index in [0.29, 0.717) is 11.7 Å². The van der Waals surface area contributed by atoms with Crippen molar-refractivity contribution in [2.75, 3.05) is 25.4 Å². The van der Waals surface area contributed by atoms with Gasteiger partial charge in [-0.3, -0.25) is 4.79 Å². The number of rotatable bonds is 8. The van der Waals surface area contributed by atoms with Gasteiger partial charge >= 0.3 is 0 Å². The molecule has 0 aliphatic rings. The van der Waals surface area contributed by atoms with E-state index in [1.54, 1.807) is 4.68 Å². The largest absolute Gasteiger partial charge is 0.344 e. The van der Waals surface area contributed by atoms with Crippen LogP contribution in [-0.4, -0.2) is 51.5 Å². The van der Waals surface area contributed by atoms with Gasteiger partial charge in [0.25, 0.3) is 0 Å². The molecule has 0 spiro atoms. The molecular weight excluding hydrogens is 252 g/mol. The number of hydrogen-bond acceptors (Lipinski definition) is 6. The molecule has 0 radical (unpaired) electrons. The van der Waals surface area contributed by atoms with Crippen molar-refractivity contribution in [2.24, 2.45) is 0 Å². The molecule has 18 heavy (non-hydrogen) atoms. The molecule has 7 nitrogen and oxygen atoms in total. The lowest BCUT2D eigenvalue weighted by atomic mass is 10.6. The van der Waals surface area contributed by atoms with E-state index in [2.05, 4.69) is 32.1 Å². The molecular formula is C10H16N6OS. The van der Waals surface area contributed by atoms with Crippen LogP contribution in [0.2, 0.25) is 0 Å². The fourth-order valence-electron chi connectivity index (χ4n) is 1.13. The van der Waals surface area contributed by atoms with Gasteiger partial charge in [0.05, 0.1) is 18.8 Å². The Hall–Kier alpha value is -1.59. The zero-order valence-corrected chi connectivity index (χ0v) is 11.0. The molecule has 0 aliphatic carbocycles. The summed E-state index contributed by atoms with van der Waals surface area (Å²) in [6.45, 7) is 4.64. The van der Waals surface area contributed by atoms with Crippen LogP contribution in [0, 0.1) is 12.3 Å². The molecule has 0 saturated heterocycles. The predicted octanol–water partition coefficient (Wildman–Crippen LogP) is -0.876. The minimum absolute atomic E-state index is 0.126. The predicted molar refractivity (Wildman–Crippen MR) is 68.9 cm³/mol. The highest BCUT2D eigenvalue weighted by Gasteiger charge is 2.09. The number of thioether (sulfide) groups is 1. The Morgan fingerprint density at radius 3 is 3.17 bits per heavy atom. The summed E-state index contributed by atoms with van der Waals surface area (Å²) in [5.41, 5.74) is 0. The first-order valence-corrected chi connectivity index (χ1v) is 6.56. The lowest BCUT2D eigenvalue weighted by molar-refractivity contribution is -0.118. The number of carbonyl (C=O) groups is 1. The van der Waals surface area contributed by atoms with Crippen molar-refractivity contribution in [2.45, 2.75) is 18.6 Å². The number of terminal acetylenes is 1. The topological polar surface area (TPSA) is 84.7 Å². The van der Waals surface area contributed by atoms with Crippen LogP contribution in [0.5, 0.6) is 0 Å². The lowest BCUT2D eigenvalue weighted by Gasteiger charge is -2.04. The van der Waals surface area contributed by atoms with Gasteiger partial charge in [-0.1, -0.05) is 24.6 Å². The average molecular weight is 268 g/mol.